The molecule has 2 heterocycles. The monoisotopic (exact) mass is 422 g/mol. The summed E-state index contributed by atoms with van der Waals surface area (Å²) < 4.78 is 79.5. The van der Waals surface area contributed by atoms with Crippen molar-refractivity contribution < 1.29 is 35.9 Å². The number of nitrogens with one attached hydrogen (secondary N) is 1. The molecular formula is C17H16F6N4O2. The standard InChI is InChI=1S/C17H16F6N4O2/c1-16(17(21,22)23)25-24-14-8-26(2-3-27(14)16)15(29)6-10(28)4-9-5-12(19)13(20)7-11(9)18/h5,7,25H,2-4,6,8H2,1H3. The van der Waals surface area contributed by atoms with E-state index in [9.17, 15) is 35.9 Å². The van der Waals surface area contributed by atoms with Gasteiger partial charge in [0.1, 0.15) is 17.4 Å². The zero-order valence-electron chi connectivity index (χ0n) is 15.1. The molecule has 1 N–H and O–H groups in total. The number of alkyl halides is 3. The van der Waals surface area contributed by atoms with E-state index in [1.54, 1.807) is 0 Å². The Labute approximate surface area is 161 Å². The van der Waals surface area contributed by atoms with E-state index in [-0.39, 0.29) is 25.5 Å². The van der Waals surface area contributed by atoms with Crippen molar-refractivity contribution in [1.29, 1.82) is 0 Å². The molecule has 0 radical (unpaired) electrons. The summed E-state index contributed by atoms with van der Waals surface area (Å²) in [7, 11) is 0. The highest BCUT2D eigenvalue weighted by atomic mass is 19.4. The fraction of sp³-hybridized carbons (Fsp3) is 0.471. The molecular weight excluding hydrogens is 406 g/mol. The van der Waals surface area contributed by atoms with E-state index in [0.29, 0.717) is 12.1 Å². The van der Waals surface area contributed by atoms with Crippen LogP contribution in [0.5, 0.6) is 0 Å². The topological polar surface area (TPSA) is 65.0 Å². The molecule has 1 aromatic carbocycles. The van der Waals surface area contributed by atoms with Crippen LogP contribution < -0.4 is 5.43 Å². The van der Waals surface area contributed by atoms with Crippen LogP contribution in [0.25, 0.3) is 0 Å². The molecule has 0 spiro atoms. The van der Waals surface area contributed by atoms with Crippen molar-refractivity contribution in [2.24, 2.45) is 5.10 Å². The molecule has 0 saturated carbocycles. The summed E-state index contributed by atoms with van der Waals surface area (Å²) in [6.07, 6.45) is -5.88. The summed E-state index contributed by atoms with van der Waals surface area (Å²) in [6.45, 7) is 0.475. The molecule has 12 heteroatoms. The van der Waals surface area contributed by atoms with Crippen LogP contribution in [0.3, 0.4) is 0 Å². The lowest BCUT2D eigenvalue weighted by Crippen LogP contribution is -2.65. The van der Waals surface area contributed by atoms with Crippen LogP contribution in [0.4, 0.5) is 26.3 Å². The number of hydrogen-bond donors (Lipinski definition) is 1. The molecule has 6 nitrogen and oxygen atoms in total. The van der Waals surface area contributed by atoms with E-state index in [2.05, 4.69) is 5.10 Å². The van der Waals surface area contributed by atoms with Gasteiger partial charge < -0.3 is 9.80 Å². The molecule has 1 unspecified atom stereocenters. The second-order valence-electron chi connectivity index (χ2n) is 6.93. The highest BCUT2D eigenvalue weighted by Crippen LogP contribution is 2.36. The van der Waals surface area contributed by atoms with Gasteiger partial charge in [-0.15, -0.1) is 0 Å². The number of nitrogens with zero attached hydrogens (tertiary/aromatic N) is 3. The second kappa shape index (κ2) is 7.23. The van der Waals surface area contributed by atoms with E-state index in [1.165, 1.54) is 4.90 Å². The Bertz CT molecular complexity index is 887. The number of carbonyl (C=O) groups is 2. The van der Waals surface area contributed by atoms with Crippen molar-refractivity contribution in [2.75, 3.05) is 19.6 Å². The summed E-state index contributed by atoms with van der Waals surface area (Å²) in [5, 5.41) is 3.65. The van der Waals surface area contributed by atoms with Crippen molar-refractivity contribution in [3.8, 4) is 0 Å². The lowest BCUT2D eigenvalue weighted by Gasteiger charge is -2.42. The molecule has 2 aliphatic rings. The quantitative estimate of drug-likeness (QED) is 0.458. The largest absolute Gasteiger partial charge is 0.431 e. The number of rotatable bonds is 4. The number of benzene rings is 1. The second-order valence-corrected chi connectivity index (χ2v) is 6.93. The van der Waals surface area contributed by atoms with E-state index in [1.807, 2.05) is 5.43 Å². The molecule has 1 aromatic rings. The minimum Gasteiger partial charge on any atom is -0.333 e. The number of fused-ring (bicyclic) bond motifs is 1. The van der Waals surface area contributed by atoms with Crippen LogP contribution in [0.15, 0.2) is 17.2 Å². The fourth-order valence-corrected chi connectivity index (χ4v) is 3.18. The highest BCUT2D eigenvalue weighted by Gasteiger charge is 2.59. The molecule has 1 atom stereocenters. The van der Waals surface area contributed by atoms with Crippen molar-refractivity contribution in [1.82, 2.24) is 15.2 Å². The molecule has 2 aliphatic heterocycles. The van der Waals surface area contributed by atoms with Crippen LogP contribution in [-0.4, -0.2) is 58.8 Å². The average Bonchev–Trinajstić information content (AvgIpc) is 2.97. The van der Waals surface area contributed by atoms with Crippen LogP contribution >= 0.6 is 0 Å². The van der Waals surface area contributed by atoms with Crippen LogP contribution in [0.1, 0.15) is 18.9 Å². The number of hydrogen-bond acceptors (Lipinski definition) is 5. The van der Waals surface area contributed by atoms with Crippen molar-refractivity contribution in [2.45, 2.75) is 31.6 Å². The predicted molar refractivity (Wildman–Crippen MR) is 88.0 cm³/mol. The number of Topliss-reactive ketones (excluding diaryl/α,β-unsaturated/α-hetero) is 1. The van der Waals surface area contributed by atoms with E-state index in [0.717, 1.165) is 11.8 Å². The number of amidine groups is 1. The van der Waals surface area contributed by atoms with Gasteiger partial charge in [0, 0.05) is 25.6 Å². The third kappa shape index (κ3) is 3.87. The zero-order chi connectivity index (χ0) is 21.6. The van der Waals surface area contributed by atoms with Gasteiger partial charge in [0.2, 0.25) is 11.6 Å². The minimum absolute atomic E-state index is 0.00326. The van der Waals surface area contributed by atoms with Crippen molar-refractivity contribution in [3.63, 3.8) is 0 Å². The summed E-state index contributed by atoms with van der Waals surface area (Å²) in [4.78, 5) is 26.5. The highest BCUT2D eigenvalue weighted by molar-refractivity contribution is 6.00. The van der Waals surface area contributed by atoms with Crippen molar-refractivity contribution >= 4 is 17.5 Å². The summed E-state index contributed by atoms with van der Waals surface area (Å²) in [6, 6.07) is 0.852. The number of amides is 1. The first kappa shape index (κ1) is 20.9. The Hall–Kier alpha value is -2.79. The van der Waals surface area contributed by atoms with Gasteiger partial charge in [-0.1, -0.05) is 0 Å². The maximum Gasteiger partial charge on any atom is 0.431 e. The molecule has 29 heavy (non-hydrogen) atoms. The summed E-state index contributed by atoms with van der Waals surface area (Å²) in [5.74, 6) is -5.25. The van der Waals surface area contributed by atoms with Gasteiger partial charge in [-0.2, -0.15) is 18.3 Å². The van der Waals surface area contributed by atoms with Gasteiger partial charge in [0.15, 0.2) is 11.6 Å². The normalized spacial score (nSPS) is 21.6. The third-order valence-corrected chi connectivity index (χ3v) is 4.91. The van der Waals surface area contributed by atoms with E-state index < -0.39 is 59.4 Å². The Morgan fingerprint density at radius 3 is 2.45 bits per heavy atom. The molecule has 3 rings (SSSR count). The molecule has 1 fully saturated rings. The first-order valence-electron chi connectivity index (χ1n) is 8.53. The first-order valence-corrected chi connectivity index (χ1v) is 8.53. The molecule has 0 aliphatic carbocycles. The van der Waals surface area contributed by atoms with Crippen LogP contribution in [-0.2, 0) is 16.0 Å². The number of carbonyl (C=O) groups excluding carboxylic acids is 2. The fourth-order valence-electron chi connectivity index (χ4n) is 3.18. The summed E-state index contributed by atoms with van der Waals surface area (Å²) in [5.41, 5.74) is -0.729. The van der Waals surface area contributed by atoms with Gasteiger partial charge in [-0.05, 0) is 18.6 Å². The summed E-state index contributed by atoms with van der Waals surface area (Å²) >= 11 is 0. The maximum atomic E-state index is 13.6. The van der Waals surface area contributed by atoms with Crippen molar-refractivity contribution in [3.05, 3.63) is 35.1 Å². The molecule has 0 bridgehead atoms. The lowest BCUT2D eigenvalue weighted by atomic mass is 10.0. The molecule has 1 amide bonds. The Morgan fingerprint density at radius 1 is 1.14 bits per heavy atom. The Kier molecular flexibility index (Phi) is 5.22. The van der Waals surface area contributed by atoms with Crippen LogP contribution in [0.2, 0.25) is 0 Å². The van der Waals surface area contributed by atoms with Gasteiger partial charge in [0.05, 0.1) is 13.0 Å². The number of hydrazone groups is 1. The van der Waals surface area contributed by atoms with E-state index in [4.69, 9.17) is 0 Å². The van der Waals surface area contributed by atoms with Gasteiger partial charge >= 0.3 is 6.18 Å². The number of ketones is 1. The van der Waals surface area contributed by atoms with Crippen LogP contribution in [0, 0.1) is 17.5 Å². The maximum absolute atomic E-state index is 13.6. The third-order valence-electron chi connectivity index (χ3n) is 4.91. The molecule has 1 saturated heterocycles. The number of piperazine rings is 1. The predicted octanol–water partition coefficient (Wildman–Crippen LogP) is 1.95. The lowest BCUT2D eigenvalue weighted by molar-refractivity contribution is -0.221. The molecule has 0 aromatic heterocycles. The number of halogens is 6. The SMILES string of the molecule is CC1(C(F)(F)F)NN=C2CN(C(=O)CC(=O)Cc3cc(F)c(F)cc3F)CCN21. The van der Waals surface area contributed by atoms with E-state index >= 15 is 0 Å². The average molecular weight is 422 g/mol. The Balaban J connectivity index is 1.60. The smallest absolute Gasteiger partial charge is 0.333 e. The minimum atomic E-state index is -4.60. The first-order chi connectivity index (χ1) is 13.4. The van der Waals surface area contributed by atoms with Gasteiger partial charge in [-0.25, -0.2) is 13.2 Å². The zero-order valence-corrected chi connectivity index (χ0v) is 15.1. The Morgan fingerprint density at radius 2 is 1.79 bits per heavy atom. The molecule has 158 valence electrons. The van der Waals surface area contributed by atoms with Gasteiger partial charge in [-0.3, -0.25) is 15.0 Å². The van der Waals surface area contributed by atoms with Gasteiger partial charge in [0.25, 0.3) is 0 Å².